The number of nitrogen functional groups attached to an aromatic ring is 1. The number of benzene rings is 1. The van der Waals surface area contributed by atoms with Crippen LogP contribution in [0.1, 0.15) is 23.0 Å². The standard InChI is InChI=1S/C12H12FN3O2/c1-2-10-8(12(17)18)6-16(15-10)11-4-3-7(14)5-9(11)13/h3-6H,2,14H2,1H3,(H,17,18). The van der Waals surface area contributed by atoms with E-state index in [1.165, 1.54) is 29.1 Å². The number of nitrogens with zero attached hydrogens (tertiary/aromatic N) is 2. The number of hydrogen-bond acceptors (Lipinski definition) is 3. The highest BCUT2D eigenvalue weighted by atomic mass is 19.1. The molecule has 0 radical (unpaired) electrons. The van der Waals surface area contributed by atoms with Crippen LogP contribution in [-0.2, 0) is 6.42 Å². The molecule has 0 aliphatic rings. The number of halogens is 1. The molecule has 0 fully saturated rings. The maximum absolute atomic E-state index is 13.7. The van der Waals surface area contributed by atoms with Crippen molar-refractivity contribution in [1.29, 1.82) is 0 Å². The Morgan fingerprint density at radius 2 is 2.28 bits per heavy atom. The lowest BCUT2D eigenvalue weighted by molar-refractivity contribution is 0.0695. The van der Waals surface area contributed by atoms with Gasteiger partial charge in [-0.3, -0.25) is 0 Å². The van der Waals surface area contributed by atoms with E-state index in [1.54, 1.807) is 6.92 Å². The smallest absolute Gasteiger partial charge is 0.339 e. The van der Waals surface area contributed by atoms with Crippen molar-refractivity contribution in [3.8, 4) is 5.69 Å². The number of rotatable bonds is 3. The second kappa shape index (κ2) is 4.48. The first-order chi connectivity index (χ1) is 8.52. The number of nitrogens with two attached hydrogens (primary N) is 1. The quantitative estimate of drug-likeness (QED) is 0.813. The van der Waals surface area contributed by atoms with Crippen molar-refractivity contribution in [2.45, 2.75) is 13.3 Å². The van der Waals surface area contributed by atoms with Crippen LogP contribution >= 0.6 is 0 Å². The SMILES string of the molecule is CCc1nn(-c2ccc(N)cc2F)cc1C(=O)O. The molecule has 0 spiro atoms. The van der Waals surface area contributed by atoms with Crippen molar-refractivity contribution in [2.24, 2.45) is 0 Å². The molecular formula is C12H12FN3O2. The highest BCUT2D eigenvalue weighted by Crippen LogP contribution is 2.18. The third-order valence-corrected chi connectivity index (χ3v) is 2.57. The van der Waals surface area contributed by atoms with Crippen LogP contribution in [0.25, 0.3) is 5.69 Å². The Balaban J connectivity index is 2.54. The van der Waals surface area contributed by atoms with Crippen molar-refractivity contribution in [3.05, 3.63) is 41.5 Å². The lowest BCUT2D eigenvalue weighted by Crippen LogP contribution is -2.00. The second-order valence-corrected chi connectivity index (χ2v) is 3.80. The number of anilines is 1. The fourth-order valence-corrected chi connectivity index (χ4v) is 1.68. The zero-order valence-electron chi connectivity index (χ0n) is 9.72. The average molecular weight is 249 g/mol. The topological polar surface area (TPSA) is 81.1 Å². The average Bonchev–Trinajstić information content (AvgIpc) is 2.73. The molecule has 2 rings (SSSR count). The van der Waals surface area contributed by atoms with E-state index in [0.717, 1.165) is 0 Å². The van der Waals surface area contributed by atoms with Gasteiger partial charge in [-0.05, 0) is 24.6 Å². The van der Waals surface area contributed by atoms with E-state index in [-0.39, 0.29) is 11.3 Å². The van der Waals surface area contributed by atoms with Gasteiger partial charge in [-0.1, -0.05) is 6.92 Å². The molecule has 0 amide bonds. The molecule has 0 aliphatic heterocycles. The summed E-state index contributed by atoms with van der Waals surface area (Å²) in [5.41, 5.74) is 6.42. The third-order valence-electron chi connectivity index (χ3n) is 2.57. The monoisotopic (exact) mass is 249 g/mol. The Hall–Kier alpha value is -2.37. The maximum atomic E-state index is 13.7. The summed E-state index contributed by atoms with van der Waals surface area (Å²) >= 11 is 0. The van der Waals surface area contributed by atoms with Gasteiger partial charge in [0.25, 0.3) is 0 Å². The number of aromatic nitrogens is 2. The largest absolute Gasteiger partial charge is 0.478 e. The Morgan fingerprint density at radius 1 is 1.56 bits per heavy atom. The zero-order chi connectivity index (χ0) is 13.3. The molecule has 0 aliphatic carbocycles. The van der Waals surface area contributed by atoms with Crippen molar-refractivity contribution < 1.29 is 14.3 Å². The van der Waals surface area contributed by atoms with Gasteiger partial charge < -0.3 is 10.8 Å². The van der Waals surface area contributed by atoms with Crippen molar-refractivity contribution in [2.75, 3.05) is 5.73 Å². The van der Waals surface area contributed by atoms with Crippen LogP contribution in [0.4, 0.5) is 10.1 Å². The third kappa shape index (κ3) is 2.04. The molecule has 0 bridgehead atoms. The van der Waals surface area contributed by atoms with Gasteiger partial charge in [0.05, 0.1) is 5.69 Å². The Kier molecular flexibility index (Phi) is 3.01. The summed E-state index contributed by atoms with van der Waals surface area (Å²) in [5.74, 6) is -1.62. The molecule has 0 saturated heterocycles. The van der Waals surface area contributed by atoms with E-state index in [2.05, 4.69) is 5.10 Å². The molecule has 94 valence electrons. The molecule has 0 saturated carbocycles. The molecular weight excluding hydrogens is 237 g/mol. The zero-order valence-corrected chi connectivity index (χ0v) is 9.72. The first-order valence-corrected chi connectivity index (χ1v) is 5.40. The van der Waals surface area contributed by atoms with Gasteiger partial charge >= 0.3 is 5.97 Å². The number of carboxylic acids is 1. The summed E-state index contributed by atoms with van der Waals surface area (Å²) in [4.78, 5) is 11.0. The predicted octanol–water partition coefficient (Wildman–Crippen LogP) is 1.85. The number of hydrogen-bond donors (Lipinski definition) is 2. The van der Waals surface area contributed by atoms with Gasteiger partial charge in [-0.25, -0.2) is 13.9 Å². The highest BCUT2D eigenvalue weighted by molar-refractivity contribution is 5.88. The highest BCUT2D eigenvalue weighted by Gasteiger charge is 2.16. The summed E-state index contributed by atoms with van der Waals surface area (Å²) < 4.78 is 14.9. The molecule has 1 aromatic carbocycles. The molecule has 1 aromatic heterocycles. The Bertz CT molecular complexity index is 607. The number of aromatic carboxylic acids is 1. The van der Waals surface area contributed by atoms with Crippen molar-refractivity contribution in [1.82, 2.24) is 9.78 Å². The summed E-state index contributed by atoms with van der Waals surface area (Å²) in [5, 5.41) is 13.1. The van der Waals surface area contributed by atoms with E-state index >= 15 is 0 Å². The molecule has 1 heterocycles. The Labute approximate surface area is 103 Å². The molecule has 5 nitrogen and oxygen atoms in total. The predicted molar refractivity (Wildman–Crippen MR) is 64.3 cm³/mol. The number of carboxylic acid groups (broad SMARTS) is 1. The van der Waals surface area contributed by atoms with Gasteiger partial charge in [0.15, 0.2) is 5.82 Å². The normalized spacial score (nSPS) is 10.6. The van der Waals surface area contributed by atoms with Gasteiger partial charge in [0.2, 0.25) is 0 Å². The minimum atomic E-state index is -1.08. The fourth-order valence-electron chi connectivity index (χ4n) is 1.68. The lowest BCUT2D eigenvalue weighted by atomic mass is 10.2. The molecule has 0 unspecified atom stereocenters. The minimum Gasteiger partial charge on any atom is -0.478 e. The minimum absolute atomic E-state index is 0.0775. The molecule has 3 N–H and O–H groups in total. The first-order valence-electron chi connectivity index (χ1n) is 5.40. The van der Waals surface area contributed by atoms with E-state index < -0.39 is 11.8 Å². The number of carbonyl (C=O) groups is 1. The van der Waals surface area contributed by atoms with E-state index in [0.29, 0.717) is 17.8 Å². The van der Waals surface area contributed by atoms with Crippen molar-refractivity contribution in [3.63, 3.8) is 0 Å². The summed E-state index contributed by atoms with van der Waals surface area (Å²) in [7, 11) is 0. The molecule has 2 aromatic rings. The fraction of sp³-hybridized carbons (Fsp3) is 0.167. The van der Waals surface area contributed by atoms with Crippen LogP contribution in [0.5, 0.6) is 0 Å². The summed E-state index contributed by atoms with van der Waals surface area (Å²) in [6, 6.07) is 4.16. The molecule has 18 heavy (non-hydrogen) atoms. The van der Waals surface area contributed by atoms with E-state index in [9.17, 15) is 9.18 Å². The molecule has 0 atom stereocenters. The maximum Gasteiger partial charge on any atom is 0.339 e. The Morgan fingerprint density at radius 3 is 2.78 bits per heavy atom. The van der Waals surface area contributed by atoms with E-state index in [4.69, 9.17) is 10.8 Å². The summed E-state index contributed by atoms with van der Waals surface area (Å²) in [6.07, 6.45) is 1.76. The summed E-state index contributed by atoms with van der Waals surface area (Å²) in [6.45, 7) is 1.79. The van der Waals surface area contributed by atoms with Crippen LogP contribution in [0.2, 0.25) is 0 Å². The van der Waals surface area contributed by atoms with Crippen LogP contribution in [0.15, 0.2) is 24.4 Å². The van der Waals surface area contributed by atoms with Gasteiger partial charge in [-0.15, -0.1) is 0 Å². The molecule has 6 heteroatoms. The van der Waals surface area contributed by atoms with Gasteiger partial charge in [0.1, 0.15) is 11.3 Å². The van der Waals surface area contributed by atoms with E-state index in [1.807, 2.05) is 0 Å². The number of aryl methyl sites for hydroxylation is 1. The first kappa shape index (κ1) is 12.1. The van der Waals surface area contributed by atoms with Gasteiger partial charge in [0, 0.05) is 11.9 Å². The van der Waals surface area contributed by atoms with Crippen LogP contribution in [0, 0.1) is 5.82 Å². The van der Waals surface area contributed by atoms with Crippen molar-refractivity contribution >= 4 is 11.7 Å². The second-order valence-electron chi connectivity index (χ2n) is 3.80. The van der Waals surface area contributed by atoms with Crippen LogP contribution in [0.3, 0.4) is 0 Å². The van der Waals surface area contributed by atoms with Crippen LogP contribution in [-0.4, -0.2) is 20.9 Å². The van der Waals surface area contributed by atoms with Crippen LogP contribution < -0.4 is 5.73 Å². The van der Waals surface area contributed by atoms with Gasteiger partial charge in [-0.2, -0.15) is 5.10 Å². The lowest BCUT2D eigenvalue weighted by Gasteiger charge is -2.03.